The van der Waals surface area contributed by atoms with E-state index in [4.69, 9.17) is 4.74 Å². The molecular weight excluding hydrogens is 492 g/mol. The highest BCUT2D eigenvalue weighted by Gasteiger charge is 2.14. The van der Waals surface area contributed by atoms with Crippen LogP contribution in [0.1, 0.15) is 21.5 Å². The highest BCUT2D eigenvalue weighted by Crippen LogP contribution is 2.23. The first kappa shape index (κ1) is 23.6. The Balaban J connectivity index is 1.62. The smallest absolute Gasteiger partial charge is 0.343 e. The van der Waals surface area contributed by atoms with Crippen LogP contribution in [0.2, 0.25) is 0 Å². The van der Waals surface area contributed by atoms with E-state index in [2.05, 4.69) is 31.8 Å². The molecule has 0 aliphatic heterocycles. The summed E-state index contributed by atoms with van der Waals surface area (Å²) in [6, 6.07) is 17.6. The van der Waals surface area contributed by atoms with Crippen molar-refractivity contribution in [2.45, 2.75) is 6.92 Å². The molecule has 0 bridgehead atoms. The van der Waals surface area contributed by atoms with Crippen LogP contribution in [0.25, 0.3) is 0 Å². The maximum atomic E-state index is 12.4. The minimum absolute atomic E-state index is 0.0286. The van der Waals surface area contributed by atoms with E-state index in [1.165, 1.54) is 30.5 Å². The van der Waals surface area contributed by atoms with E-state index in [0.29, 0.717) is 10.0 Å². The largest absolute Gasteiger partial charge is 0.422 e. The number of aryl methyl sites for hydroxylation is 1. The number of nitro groups is 1. The predicted octanol–water partition coefficient (Wildman–Crippen LogP) is 4.45. The van der Waals surface area contributed by atoms with Gasteiger partial charge in [0.1, 0.15) is 5.75 Å². The van der Waals surface area contributed by atoms with Crippen molar-refractivity contribution < 1.29 is 19.2 Å². The van der Waals surface area contributed by atoms with Gasteiger partial charge < -0.3 is 10.1 Å². The fourth-order valence-corrected chi connectivity index (χ4v) is 3.04. The van der Waals surface area contributed by atoms with Crippen LogP contribution in [-0.2, 0) is 4.79 Å². The molecule has 0 aliphatic rings. The summed E-state index contributed by atoms with van der Waals surface area (Å²) in [5.41, 5.74) is 4.80. The SMILES string of the molecule is Cc1ccc(NCC(=O)N/N=C/c2cc(Br)ccc2OC(=O)c2ccc([N+](=O)[O-])cc2)cc1. The van der Waals surface area contributed by atoms with Gasteiger partial charge in [-0.15, -0.1) is 0 Å². The van der Waals surface area contributed by atoms with E-state index >= 15 is 0 Å². The van der Waals surface area contributed by atoms with Crippen LogP contribution in [0.5, 0.6) is 5.75 Å². The number of nitrogens with zero attached hydrogens (tertiary/aromatic N) is 2. The first-order chi connectivity index (χ1) is 15.8. The van der Waals surface area contributed by atoms with Crippen molar-refractivity contribution in [3.05, 3.63) is 98.0 Å². The number of anilines is 1. The molecule has 10 heteroatoms. The Morgan fingerprint density at radius 2 is 1.79 bits per heavy atom. The third-order valence-corrected chi connectivity index (χ3v) is 4.88. The monoisotopic (exact) mass is 510 g/mol. The Morgan fingerprint density at radius 1 is 1.09 bits per heavy atom. The predicted molar refractivity (Wildman–Crippen MR) is 128 cm³/mol. The van der Waals surface area contributed by atoms with Gasteiger partial charge in [-0.25, -0.2) is 10.2 Å². The summed E-state index contributed by atoms with van der Waals surface area (Å²) >= 11 is 3.34. The number of nitrogens with one attached hydrogen (secondary N) is 2. The zero-order valence-corrected chi connectivity index (χ0v) is 19.0. The number of halogens is 1. The Morgan fingerprint density at radius 3 is 2.45 bits per heavy atom. The van der Waals surface area contributed by atoms with Crippen LogP contribution in [0.3, 0.4) is 0 Å². The molecule has 2 N–H and O–H groups in total. The molecule has 0 radical (unpaired) electrons. The number of benzene rings is 3. The summed E-state index contributed by atoms with van der Waals surface area (Å²) in [6.07, 6.45) is 1.35. The highest BCUT2D eigenvalue weighted by molar-refractivity contribution is 9.10. The number of hydrogen-bond acceptors (Lipinski definition) is 7. The molecule has 0 saturated carbocycles. The first-order valence-electron chi connectivity index (χ1n) is 9.70. The second-order valence-electron chi connectivity index (χ2n) is 6.89. The number of non-ortho nitro benzene ring substituents is 1. The van der Waals surface area contributed by atoms with Crippen molar-refractivity contribution in [1.29, 1.82) is 0 Å². The molecule has 1 amide bonds. The minimum atomic E-state index is -0.687. The third-order valence-electron chi connectivity index (χ3n) is 4.39. The van der Waals surface area contributed by atoms with Crippen LogP contribution in [0, 0.1) is 17.0 Å². The molecule has 0 heterocycles. The van der Waals surface area contributed by atoms with Crippen molar-refractivity contribution in [3.8, 4) is 5.75 Å². The second-order valence-corrected chi connectivity index (χ2v) is 7.80. The molecule has 0 unspecified atom stereocenters. The van der Waals surface area contributed by atoms with Gasteiger partial charge in [-0.1, -0.05) is 33.6 Å². The molecule has 168 valence electrons. The lowest BCUT2D eigenvalue weighted by molar-refractivity contribution is -0.384. The van der Waals surface area contributed by atoms with E-state index in [-0.39, 0.29) is 29.5 Å². The maximum Gasteiger partial charge on any atom is 0.343 e. The molecule has 9 nitrogen and oxygen atoms in total. The summed E-state index contributed by atoms with van der Waals surface area (Å²) < 4.78 is 6.13. The van der Waals surface area contributed by atoms with Crippen molar-refractivity contribution >= 4 is 45.4 Å². The fraction of sp³-hybridized carbons (Fsp3) is 0.0870. The standard InChI is InChI=1S/C23H19BrN4O5/c1-15-2-7-19(8-3-15)25-14-22(29)27-26-13-17-12-18(24)6-11-21(17)33-23(30)16-4-9-20(10-5-16)28(31)32/h2-13,25H,14H2,1H3,(H,27,29)/b26-13+. The molecule has 0 aromatic heterocycles. The van der Waals surface area contributed by atoms with Gasteiger partial charge in [0, 0.05) is 27.9 Å². The van der Waals surface area contributed by atoms with Gasteiger partial charge in [-0.05, 0) is 49.4 Å². The van der Waals surface area contributed by atoms with Gasteiger partial charge in [-0.3, -0.25) is 14.9 Å². The number of amides is 1. The first-order valence-corrected chi connectivity index (χ1v) is 10.5. The molecule has 3 aromatic carbocycles. The van der Waals surface area contributed by atoms with E-state index in [1.807, 2.05) is 31.2 Å². The zero-order chi connectivity index (χ0) is 23.8. The van der Waals surface area contributed by atoms with Crippen LogP contribution in [0.4, 0.5) is 11.4 Å². The van der Waals surface area contributed by atoms with Gasteiger partial charge in [-0.2, -0.15) is 5.10 Å². The zero-order valence-electron chi connectivity index (χ0n) is 17.4. The average molecular weight is 511 g/mol. The van der Waals surface area contributed by atoms with Crippen molar-refractivity contribution in [2.75, 3.05) is 11.9 Å². The number of ether oxygens (including phenoxy) is 1. The molecule has 0 saturated heterocycles. The summed E-state index contributed by atoms with van der Waals surface area (Å²) in [5, 5.41) is 17.7. The second kappa shape index (κ2) is 11.0. The molecule has 0 aliphatic carbocycles. The number of esters is 1. The Labute approximate surface area is 197 Å². The van der Waals surface area contributed by atoms with E-state index < -0.39 is 10.9 Å². The molecule has 0 fully saturated rings. The lowest BCUT2D eigenvalue weighted by Gasteiger charge is -2.08. The number of carbonyl (C=O) groups excluding carboxylic acids is 2. The van der Waals surface area contributed by atoms with E-state index in [1.54, 1.807) is 18.2 Å². The van der Waals surface area contributed by atoms with E-state index in [0.717, 1.165) is 11.3 Å². The van der Waals surface area contributed by atoms with Crippen LogP contribution < -0.4 is 15.5 Å². The lowest BCUT2D eigenvalue weighted by Crippen LogP contribution is -2.25. The van der Waals surface area contributed by atoms with E-state index in [9.17, 15) is 19.7 Å². The molecule has 0 atom stereocenters. The lowest BCUT2D eigenvalue weighted by atomic mass is 10.2. The van der Waals surface area contributed by atoms with Crippen molar-refractivity contribution in [3.63, 3.8) is 0 Å². The molecular formula is C23H19BrN4O5. The Kier molecular flexibility index (Phi) is 7.87. The quantitative estimate of drug-likeness (QED) is 0.152. The van der Waals surface area contributed by atoms with Crippen LogP contribution in [-0.4, -0.2) is 29.6 Å². The Bertz CT molecular complexity index is 1190. The Hall–Kier alpha value is -4.05. The number of hydrazone groups is 1. The normalized spacial score (nSPS) is 10.6. The molecule has 3 rings (SSSR count). The molecule has 33 heavy (non-hydrogen) atoms. The highest BCUT2D eigenvalue weighted by atomic mass is 79.9. The number of carbonyl (C=O) groups is 2. The molecule has 3 aromatic rings. The van der Waals surface area contributed by atoms with Crippen LogP contribution >= 0.6 is 15.9 Å². The minimum Gasteiger partial charge on any atom is -0.422 e. The van der Waals surface area contributed by atoms with Gasteiger partial charge in [0.2, 0.25) is 0 Å². The third kappa shape index (κ3) is 6.97. The average Bonchev–Trinajstić information content (AvgIpc) is 2.80. The number of rotatable bonds is 8. The number of nitro benzene ring substituents is 1. The van der Waals surface area contributed by atoms with Crippen molar-refractivity contribution in [2.24, 2.45) is 5.10 Å². The fourth-order valence-electron chi connectivity index (χ4n) is 2.66. The van der Waals surface area contributed by atoms with Gasteiger partial charge in [0.25, 0.3) is 11.6 Å². The maximum absolute atomic E-state index is 12.4. The topological polar surface area (TPSA) is 123 Å². The van der Waals surface area contributed by atoms with Crippen LogP contribution in [0.15, 0.2) is 76.3 Å². The summed E-state index contributed by atoms with van der Waals surface area (Å²) in [6.45, 7) is 2.01. The summed E-state index contributed by atoms with van der Waals surface area (Å²) in [7, 11) is 0. The summed E-state index contributed by atoms with van der Waals surface area (Å²) in [4.78, 5) is 34.7. The van der Waals surface area contributed by atoms with Gasteiger partial charge in [0.15, 0.2) is 0 Å². The number of hydrogen-bond donors (Lipinski definition) is 2. The molecule has 0 spiro atoms. The van der Waals surface area contributed by atoms with Gasteiger partial charge >= 0.3 is 5.97 Å². The van der Waals surface area contributed by atoms with Crippen molar-refractivity contribution in [1.82, 2.24) is 5.43 Å². The summed E-state index contributed by atoms with van der Waals surface area (Å²) in [5.74, 6) is -0.836. The van der Waals surface area contributed by atoms with Gasteiger partial charge in [0.05, 0.1) is 23.2 Å².